The predicted octanol–water partition coefficient (Wildman–Crippen LogP) is 2.74. The third-order valence-electron chi connectivity index (χ3n) is 4.39. The molecule has 3 rings (SSSR count). The maximum absolute atomic E-state index is 7.36. The Morgan fingerprint density at radius 3 is 2.20 bits per heavy atom. The zero-order valence-corrected chi connectivity index (χ0v) is 11.9. The summed E-state index contributed by atoms with van der Waals surface area (Å²) < 4.78 is 0. The predicted molar refractivity (Wildman–Crippen MR) is 84.6 cm³/mol. The molecule has 1 aromatic rings. The number of benzene rings is 1. The molecule has 0 radical (unpaired) electrons. The molecule has 20 heavy (non-hydrogen) atoms. The van der Waals surface area contributed by atoms with E-state index in [1.807, 2.05) is 18.2 Å². The van der Waals surface area contributed by atoms with Gasteiger partial charge in [0, 0.05) is 41.3 Å². The molecule has 0 heterocycles. The van der Waals surface area contributed by atoms with Gasteiger partial charge in [0.05, 0.1) is 0 Å². The molecule has 0 aliphatic heterocycles. The number of nitrogens with one attached hydrogen (secondary N) is 3. The Labute approximate surface area is 120 Å². The first kappa shape index (κ1) is 13.4. The Kier molecular flexibility index (Phi) is 3.92. The van der Waals surface area contributed by atoms with Crippen molar-refractivity contribution in [3.63, 3.8) is 0 Å². The summed E-state index contributed by atoms with van der Waals surface area (Å²) in [6.45, 7) is 0. The lowest BCUT2D eigenvalue weighted by molar-refractivity contribution is 0.352. The fourth-order valence-electron chi connectivity index (χ4n) is 3.01. The van der Waals surface area contributed by atoms with Crippen molar-refractivity contribution in [2.45, 2.75) is 56.7 Å². The van der Waals surface area contributed by atoms with Crippen LogP contribution in [-0.2, 0) is 0 Å². The number of anilines is 2. The van der Waals surface area contributed by atoms with Crippen LogP contribution in [-0.4, -0.2) is 24.3 Å². The SMILES string of the molecule is N=Cc1cc(N[C@H]2CC[C@H](NC3CC3)CC2)ccc1N. The topological polar surface area (TPSA) is 73.9 Å². The van der Waals surface area contributed by atoms with Crippen molar-refractivity contribution in [3.05, 3.63) is 23.8 Å². The standard InChI is InChI=1S/C16H24N4/c17-10-11-9-15(7-8-16(11)18)20-14-5-3-13(4-6-14)19-12-1-2-12/h7-10,12-14,17,19-20H,1-6,18H2/t13-,14-. The summed E-state index contributed by atoms with van der Waals surface area (Å²) in [5.41, 5.74) is 8.36. The van der Waals surface area contributed by atoms with Crippen LogP contribution in [0.4, 0.5) is 11.4 Å². The Morgan fingerprint density at radius 1 is 1.00 bits per heavy atom. The molecule has 2 saturated carbocycles. The van der Waals surface area contributed by atoms with Crippen LogP contribution in [0.3, 0.4) is 0 Å². The number of nitrogen functional groups attached to an aromatic ring is 1. The Hall–Kier alpha value is -1.55. The molecular formula is C16H24N4. The van der Waals surface area contributed by atoms with E-state index in [1.165, 1.54) is 44.7 Å². The summed E-state index contributed by atoms with van der Waals surface area (Å²) in [6, 6.07) is 7.95. The van der Waals surface area contributed by atoms with E-state index in [2.05, 4.69) is 10.6 Å². The zero-order valence-electron chi connectivity index (χ0n) is 11.9. The van der Waals surface area contributed by atoms with Gasteiger partial charge in [-0.3, -0.25) is 0 Å². The van der Waals surface area contributed by atoms with Crippen LogP contribution >= 0.6 is 0 Å². The largest absolute Gasteiger partial charge is 0.398 e. The monoisotopic (exact) mass is 272 g/mol. The summed E-state index contributed by atoms with van der Waals surface area (Å²) in [6.07, 6.45) is 9.02. The normalized spacial score (nSPS) is 26.2. The molecule has 0 aromatic heterocycles. The molecule has 0 unspecified atom stereocenters. The van der Waals surface area contributed by atoms with Gasteiger partial charge in [-0.2, -0.15) is 0 Å². The molecule has 0 saturated heterocycles. The number of rotatable bonds is 5. The van der Waals surface area contributed by atoms with E-state index in [0.717, 1.165) is 23.3 Å². The van der Waals surface area contributed by atoms with Gasteiger partial charge in [0.1, 0.15) is 0 Å². The van der Waals surface area contributed by atoms with E-state index in [9.17, 15) is 0 Å². The van der Waals surface area contributed by atoms with E-state index in [0.29, 0.717) is 11.7 Å². The molecule has 2 fully saturated rings. The smallest absolute Gasteiger partial charge is 0.0404 e. The Bertz CT molecular complexity index is 473. The van der Waals surface area contributed by atoms with Gasteiger partial charge in [-0.15, -0.1) is 0 Å². The Morgan fingerprint density at radius 2 is 1.60 bits per heavy atom. The van der Waals surface area contributed by atoms with Crippen molar-refractivity contribution < 1.29 is 0 Å². The fourth-order valence-corrected chi connectivity index (χ4v) is 3.01. The second-order valence-corrected chi connectivity index (χ2v) is 6.12. The molecular weight excluding hydrogens is 248 g/mol. The number of hydrogen-bond donors (Lipinski definition) is 4. The summed E-state index contributed by atoms with van der Waals surface area (Å²) in [4.78, 5) is 0. The van der Waals surface area contributed by atoms with Crippen LogP contribution in [0.25, 0.3) is 0 Å². The van der Waals surface area contributed by atoms with Gasteiger partial charge in [0.2, 0.25) is 0 Å². The molecule has 0 bridgehead atoms. The maximum atomic E-state index is 7.36. The maximum Gasteiger partial charge on any atom is 0.0404 e. The second kappa shape index (κ2) is 5.83. The molecule has 4 heteroatoms. The molecule has 0 amide bonds. The van der Waals surface area contributed by atoms with Crippen LogP contribution < -0.4 is 16.4 Å². The van der Waals surface area contributed by atoms with Gasteiger partial charge in [-0.25, -0.2) is 0 Å². The highest BCUT2D eigenvalue weighted by atomic mass is 15.0. The van der Waals surface area contributed by atoms with Crippen molar-refractivity contribution in [3.8, 4) is 0 Å². The van der Waals surface area contributed by atoms with Crippen LogP contribution in [0.5, 0.6) is 0 Å². The van der Waals surface area contributed by atoms with E-state index < -0.39 is 0 Å². The summed E-state index contributed by atoms with van der Waals surface area (Å²) in [7, 11) is 0. The van der Waals surface area contributed by atoms with Gasteiger partial charge in [0.15, 0.2) is 0 Å². The van der Waals surface area contributed by atoms with Crippen LogP contribution in [0.15, 0.2) is 18.2 Å². The molecule has 2 aliphatic rings. The van der Waals surface area contributed by atoms with E-state index in [4.69, 9.17) is 11.1 Å². The van der Waals surface area contributed by atoms with Crippen molar-refractivity contribution in [2.24, 2.45) is 0 Å². The summed E-state index contributed by atoms with van der Waals surface area (Å²) >= 11 is 0. The molecule has 4 nitrogen and oxygen atoms in total. The first-order valence-corrected chi connectivity index (χ1v) is 7.67. The highest BCUT2D eigenvalue weighted by Crippen LogP contribution is 2.27. The lowest BCUT2D eigenvalue weighted by Gasteiger charge is -2.30. The lowest BCUT2D eigenvalue weighted by atomic mass is 9.91. The first-order chi connectivity index (χ1) is 9.74. The summed E-state index contributed by atoms with van der Waals surface area (Å²) in [5, 5.41) is 14.7. The lowest BCUT2D eigenvalue weighted by Crippen LogP contribution is -2.37. The van der Waals surface area contributed by atoms with E-state index in [1.54, 1.807) is 0 Å². The van der Waals surface area contributed by atoms with Crippen molar-refractivity contribution >= 4 is 17.6 Å². The molecule has 108 valence electrons. The summed E-state index contributed by atoms with van der Waals surface area (Å²) in [5.74, 6) is 0. The van der Waals surface area contributed by atoms with Crippen molar-refractivity contribution in [1.82, 2.24) is 5.32 Å². The van der Waals surface area contributed by atoms with Gasteiger partial charge in [-0.05, 0) is 56.7 Å². The minimum atomic E-state index is 0.550. The van der Waals surface area contributed by atoms with Crippen molar-refractivity contribution in [1.29, 1.82) is 5.41 Å². The highest BCUT2D eigenvalue weighted by molar-refractivity contribution is 5.86. The molecule has 2 aliphatic carbocycles. The average molecular weight is 272 g/mol. The van der Waals surface area contributed by atoms with E-state index >= 15 is 0 Å². The molecule has 0 spiro atoms. The number of nitrogens with two attached hydrogens (primary N) is 1. The third-order valence-corrected chi connectivity index (χ3v) is 4.39. The van der Waals surface area contributed by atoms with Gasteiger partial charge < -0.3 is 21.8 Å². The zero-order chi connectivity index (χ0) is 13.9. The molecule has 0 atom stereocenters. The minimum Gasteiger partial charge on any atom is -0.398 e. The van der Waals surface area contributed by atoms with Crippen molar-refractivity contribution in [2.75, 3.05) is 11.1 Å². The van der Waals surface area contributed by atoms with Crippen LogP contribution in [0.2, 0.25) is 0 Å². The minimum absolute atomic E-state index is 0.550. The van der Waals surface area contributed by atoms with Gasteiger partial charge in [0.25, 0.3) is 0 Å². The average Bonchev–Trinajstić information content (AvgIpc) is 3.27. The van der Waals surface area contributed by atoms with Gasteiger partial charge in [-0.1, -0.05) is 0 Å². The van der Waals surface area contributed by atoms with Crippen LogP contribution in [0.1, 0.15) is 44.1 Å². The molecule has 5 N–H and O–H groups in total. The second-order valence-electron chi connectivity index (χ2n) is 6.12. The van der Waals surface area contributed by atoms with Crippen LogP contribution in [0, 0.1) is 5.41 Å². The first-order valence-electron chi connectivity index (χ1n) is 7.67. The molecule has 1 aromatic carbocycles. The van der Waals surface area contributed by atoms with Gasteiger partial charge >= 0.3 is 0 Å². The fraction of sp³-hybridized carbons (Fsp3) is 0.562. The van der Waals surface area contributed by atoms with E-state index in [-0.39, 0.29) is 0 Å². The Balaban J connectivity index is 1.52. The number of hydrogen-bond acceptors (Lipinski definition) is 4. The highest BCUT2D eigenvalue weighted by Gasteiger charge is 2.27. The third kappa shape index (κ3) is 3.31. The quantitative estimate of drug-likeness (QED) is 0.492.